The molecule has 0 unspecified atom stereocenters. The topological polar surface area (TPSA) is 47.6 Å². The zero-order chi connectivity index (χ0) is 16.8. The van der Waals surface area contributed by atoms with E-state index in [9.17, 15) is 4.79 Å². The fourth-order valence-electron chi connectivity index (χ4n) is 2.31. The van der Waals surface area contributed by atoms with E-state index in [0.717, 1.165) is 17.7 Å². The Morgan fingerprint density at radius 1 is 1.08 bits per heavy atom. The van der Waals surface area contributed by atoms with E-state index in [0.29, 0.717) is 24.7 Å². The molecule has 0 aromatic heterocycles. The highest BCUT2D eigenvalue weighted by Gasteiger charge is 2.11. The molecule has 5 heteroatoms. The lowest BCUT2D eigenvalue weighted by Crippen LogP contribution is -2.07. The highest BCUT2D eigenvalue weighted by molar-refractivity contribution is 7.98. The van der Waals surface area contributed by atoms with Crippen molar-refractivity contribution in [3.63, 3.8) is 0 Å². The van der Waals surface area contributed by atoms with Crippen molar-refractivity contribution < 1.29 is 14.3 Å². The van der Waals surface area contributed by atoms with Crippen LogP contribution in [0.15, 0.2) is 53.4 Å². The van der Waals surface area contributed by atoms with Gasteiger partial charge in [-0.05, 0) is 42.2 Å². The highest BCUT2D eigenvalue weighted by Crippen LogP contribution is 2.32. The summed E-state index contributed by atoms with van der Waals surface area (Å²) in [5, 5.41) is 2.84. The van der Waals surface area contributed by atoms with Crippen molar-refractivity contribution in [2.45, 2.75) is 11.3 Å². The average molecular weight is 341 g/mol. The van der Waals surface area contributed by atoms with E-state index < -0.39 is 0 Å². The van der Waals surface area contributed by atoms with Crippen LogP contribution in [0.25, 0.3) is 6.08 Å². The predicted molar refractivity (Wildman–Crippen MR) is 97.9 cm³/mol. The second kappa shape index (κ2) is 7.93. The van der Waals surface area contributed by atoms with Crippen molar-refractivity contribution >= 4 is 29.4 Å². The lowest BCUT2D eigenvalue weighted by Gasteiger charge is -2.09. The maximum Gasteiger partial charge on any atom is 0.248 e. The summed E-state index contributed by atoms with van der Waals surface area (Å²) < 4.78 is 11.2. The van der Waals surface area contributed by atoms with Gasteiger partial charge >= 0.3 is 0 Å². The number of anilines is 1. The maximum absolute atomic E-state index is 12.1. The first-order valence-corrected chi connectivity index (χ1v) is 9.00. The van der Waals surface area contributed by atoms with E-state index in [4.69, 9.17) is 9.47 Å². The molecule has 0 fully saturated rings. The van der Waals surface area contributed by atoms with Gasteiger partial charge < -0.3 is 14.8 Å². The first-order valence-electron chi connectivity index (χ1n) is 7.77. The first kappa shape index (κ1) is 16.5. The Morgan fingerprint density at radius 3 is 2.58 bits per heavy atom. The Bertz CT molecular complexity index is 741. The Balaban J connectivity index is 1.63. The Kier molecular flexibility index (Phi) is 5.43. The zero-order valence-corrected chi connectivity index (χ0v) is 14.3. The summed E-state index contributed by atoms with van der Waals surface area (Å²) in [4.78, 5) is 13.3. The zero-order valence-electron chi connectivity index (χ0n) is 13.5. The number of carbonyl (C=O) groups excluding carboxylic acids is 1. The molecule has 1 N–H and O–H groups in total. The molecule has 0 saturated carbocycles. The summed E-state index contributed by atoms with van der Waals surface area (Å²) in [5.74, 6) is 1.20. The number of fused-ring (bicyclic) bond motifs is 1. The standard InChI is InChI=1S/C19H19NO3S/c1-24-16-7-3-14(4-8-16)5-10-19(21)20-15-6-9-17-18(13-15)23-12-2-11-22-17/h3-10,13H,2,11-12H2,1H3,(H,20,21)/b10-5+. The molecule has 0 radical (unpaired) electrons. The minimum atomic E-state index is -0.182. The maximum atomic E-state index is 12.1. The Morgan fingerprint density at radius 2 is 1.83 bits per heavy atom. The summed E-state index contributed by atoms with van der Waals surface area (Å²) in [5.41, 5.74) is 1.67. The van der Waals surface area contributed by atoms with Gasteiger partial charge in [0.25, 0.3) is 0 Å². The SMILES string of the molecule is CSc1ccc(/C=C/C(=O)Nc2ccc3c(c2)OCCCO3)cc1. The van der Waals surface area contributed by atoms with Crippen molar-refractivity contribution in [2.24, 2.45) is 0 Å². The molecule has 4 nitrogen and oxygen atoms in total. The van der Waals surface area contributed by atoms with Crippen LogP contribution >= 0.6 is 11.8 Å². The fraction of sp³-hybridized carbons (Fsp3) is 0.211. The van der Waals surface area contributed by atoms with Crippen molar-refractivity contribution in [2.75, 3.05) is 24.8 Å². The molecule has 24 heavy (non-hydrogen) atoms. The number of hydrogen-bond donors (Lipinski definition) is 1. The van der Waals surface area contributed by atoms with Gasteiger partial charge in [-0.2, -0.15) is 0 Å². The molecule has 2 aromatic carbocycles. The van der Waals surface area contributed by atoms with Crippen LogP contribution in [0.4, 0.5) is 5.69 Å². The quantitative estimate of drug-likeness (QED) is 0.668. The van der Waals surface area contributed by atoms with E-state index in [1.807, 2.05) is 42.7 Å². The first-order chi connectivity index (χ1) is 11.7. The second-order valence-corrected chi connectivity index (χ2v) is 6.19. The van der Waals surface area contributed by atoms with E-state index in [1.54, 1.807) is 23.9 Å². The van der Waals surface area contributed by atoms with Gasteiger partial charge in [-0.1, -0.05) is 12.1 Å². The third-order valence-electron chi connectivity index (χ3n) is 3.56. The van der Waals surface area contributed by atoms with E-state index in [2.05, 4.69) is 5.32 Å². The fourth-order valence-corrected chi connectivity index (χ4v) is 2.72. The van der Waals surface area contributed by atoms with Gasteiger partial charge in [0, 0.05) is 29.1 Å². The summed E-state index contributed by atoms with van der Waals surface area (Å²) in [6.07, 6.45) is 6.21. The van der Waals surface area contributed by atoms with Crippen LogP contribution in [0, 0.1) is 0 Å². The van der Waals surface area contributed by atoms with Gasteiger partial charge in [0.15, 0.2) is 11.5 Å². The molecule has 0 aliphatic carbocycles. The smallest absolute Gasteiger partial charge is 0.248 e. The predicted octanol–water partition coefficient (Wildman–Crippen LogP) is 4.22. The van der Waals surface area contributed by atoms with Crippen molar-refractivity contribution in [1.82, 2.24) is 0 Å². The summed E-state index contributed by atoms with van der Waals surface area (Å²) in [7, 11) is 0. The molecule has 0 atom stereocenters. The van der Waals surface area contributed by atoms with Crippen LogP contribution in [0.5, 0.6) is 11.5 Å². The van der Waals surface area contributed by atoms with E-state index in [1.165, 1.54) is 11.0 Å². The summed E-state index contributed by atoms with van der Waals surface area (Å²) >= 11 is 1.69. The molecule has 1 amide bonds. The van der Waals surface area contributed by atoms with Crippen LogP contribution in [0.3, 0.4) is 0 Å². The largest absolute Gasteiger partial charge is 0.490 e. The van der Waals surface area contributed by atoms with Crippen molar-refractivity contribution in [3.8, 4) is 11.5 Å². The molecule has 2 aromatic rings. The monoisotopic (exact) mass is 341 g/mol. The lowest BCUT2D eigenvalue weighted by atomic mass is 10.2. The number of ether oxygens (including phenoxy) is 2. The van der Waals surface area contributed by atoms with Gasteiger partial charge in [-0.15, -0.1) is 11.8 Å². The molecule has 1 aliphatic heterocycles. The number of benzene rings is 2. The molecular formula is C19H19NO3S. The number of rotatable bonds is 4. The van der Waals surface area contributed by atoms with Crippen LogP contribution < -0.4 is 14.8 Å². The normalized spacial score (nSPS) is 13.5. The van der Waals surface area contributed by atoms with Crippen LogP contribution in [-0.2, 0) is 4.79 Å². The van der Waals surface area contributed by atoms with Gasteiger partial charge in [0.05, 0.1) is 13.2 Å². The molecular weight excluding hydrogens is 322 g/mol. The molecule has 1 heterocycles. The Labute approximate surface area is 145 Å². The molecule has 0 spiro atoms. The van der Waals surface area contributed by atoms with Gasteiger partial charge in [0.2, 0.25) is 5.91 Å². The highest BCUT2D eigenvalue weighted by atomic mass is 32.2. The minimum absolute atomic E-state index is 0.182. The molecule has 3 rings (SSSR count). The van der Waals surface area contributed by atoms with Crippen molar-refractivity contribution in [3.05, 3.63) is 54.1 Å². The molecule has 124 valence electrons. The number of hydrogen-bond acceptors (Lipinski definition) is 4. The van der Waals surface area contributed by atoms with Gasteiger partial charge in [-0.3, -0.25) is 4.79 Å². The van der Waals surface area contributed by atoms with Gasteiger partial charge in [-0.25, -0.2) is 0 Å². The van der Waals surface area contributed by atoms with E-state index in [-0.39, 0.29) is 5.91 Å². The third-order valence-corrected chi connectivity index (χ3v) is 4.30. The number of amides is 1. The van der Waals surface area contributed by atoms with Crippen LogP contribution in [0.2, 0.25) is 0 Å². The molecule has 0 bridgehead atoms. The molecule has 1 aliphatic rings. The number of carbonyl (C=O) groups is 1. The van der Waals surface area contributed by atoms with Gasteiger partial charge in [0.1, 0.15) is 0 Å². The number of thioether (sulfide) groups is 1. The Hall–Kier alpha value is -2.40. The van der Waals surface area contributed by atoms with E-state index >= 15 is 0 Å². The summed E-state index contributed by atoms with van der Waals surface area (Å²) in [6, 6.07) is 13.5. The number of nitrogens with one attached hydrogen (secondary N) is 1. The van der Waals surface area contributed by atoms with Crippen molar-refractivity contribution in [1.29, 1.82) is 0 Å². The van der Waals surface area contributed by atoms with Crippen LogP contribution in [-0.4, -0.2) is 25.4 Å². The summed E-state index contributed by atoms with van der Waals surface area (Å²) in [6.45, 7) is 1.27. The molecule has 0 saturated heterocycles. The average Bonchev–Trinajstić information content (AvgIpc) is 2.85. The third kappa shape index (κ3) is 4.32. The lowest BCUT2D eigenvalue weighted by molar-refractivity contribution is -0.111. The van der Waals surface area contributed by atoms with Crippen LogP contribution in [0.1, 0.15) is 12.0 Å². The minimum Gasteiger partial charge on any atom is -0.490 e. The second-order valence-electron chi connectivity index (χ2n) is 5.31.